The molecule has 0 radical (unpaired) electrons. The summed E-state index contributed by atoms with van der Waals surface area (Å²) in [5, 5.41) is 9.60. The number of aromatic nitrogens is 2. The number of H-pyrrole nitrogens is 1. The Morgan fingerprint density at radius 2 is 1.59 bits per heavy atom. The van der Waals surface area contributed by atoms with Crippen molar-refractivity contribution in [1.82, 2.24) is 20.0 Å². The van der Waals surface area contributed by atoms with Crippen LogP contribution in [0.2, 0.25) is 0 Å². The number of hydrogen-bond donors (Lipinski definition) is 4. The molecule has 10 nitrogen and oxygen atoms in total. The summed E-state index contributed by atoms with van der Waals surface area (Å²) in [6.45, 7) is 4.81. The van der Waals surface area contributed by atoms with Crippen LogP contribution < -0.4 is 21.7 Å². The summed E-state index contributed by atoms with van der Waals surface area (Å²) in [5.74, 6) is -0.202. The average Bonchev–Trinajstić information content (AvgIpc) is 3.38. The fraction of sp³-hybridized carbons (Fsp3) is 0.421. The Morgan fingerprint density at radius 3 is 2.21 bits per heavy atom. The summed E-state index contributed by atoms with van der Waals surface area (Å²) in [4.78, 5) is 30.2. The van der Waals surface area contributed by atoms with Crippen LogP contribution in [0.15, 0.2) is 24.3 Å². The predicted molar refractivity (Wildman–Crippen MR) is 111 cm³/mol. The lowest BCUT2D eigenvalue weighted by molar-refractivity contribution is 0.100. The Labute approximate surface area is 168 Å². The first kappa shape index (κ1) is 18.9. The van der Waals surface area contributed by atoms with Crippen molar-refractivity contribution in [3.63, 3.8) is 0 Å². The molecule has 2 saturated heterocycles. The number of aromatic amines is 1. The predicted octanol–water partition coefficient (Wildman–Crippen LogP) is 1.17. The van der Waals surface area contributed by atoms with E-state index in [0.717, 1.165) is 63.5 Å². The van der Waals surface area contributed by atoms with Crippen molar-refractivity contribution in [2.45, 2.75) is 12.8 Å². The van der Waals surface area contributed by atoms with Crippen LogP contribution in [0.1, 0.15) is 23.2 Å². The number of rotatable bonds is 4. The largest absolute Gasteiger partial charge is 0.383 e. The molecule has 2 aliphatic rings. The standard InChI is InChI=1S/C19H26N8O2/c20-16-15(17(21)28)18(24-23-16)22-13-3-5-14(6-4-13)25-9-11-27(12-10-25)19(29)26-7-1-2-8-26/h3-6H,1-2,7-12H2,(H2,21,28)(H4,20,22,23,24). The highest BCUT2D eigenvalue weighted by atomic mass is 16.2. The number of carbonyl (C=O) groups excluding carboxylic acids is 2. The van der Waals surface area contributed by atoms with Crippen LogP contribution in [0.4, 0.5) is 27.8 Å². The Hall–Kier alpha value is -3.43. The van der Waals surface area contributed by atoms with Gasteiger partial charge in [0.05, 0.1) is 0 Å². The molecule has 1 aromatic carbocycles. The smallest absolute Gasteiger partial charge is 0.320 e. The number of nitrogen functional groups attached to an aromatic ring is 1. The minimum atomic E-state index is -0.642. The minimum absolute atomic E-state index is 0.137. The molecule has 154 valence electrons. The molecule has 0 saturated carbocycles. The molecule has 4 rings (SSSR count). The molecule has 3 heterocycles. The number of carbonyl (C=O) groups is 2. The van der Waals surface area contributed by atoms with Crippen molar-refractivity contribution in [2.75, 3.05) is 55.2 Å². The van der Waals surface area contributed by atoms with Crippen LogP contribution >= 0.6 is 0 Å². The molecule has 2 aromatic rings. The maximum absolute atomic E-state index is 12.5. The summed E-state index contributed by atoms with van der Waals surface area (Å²) < 4.78 is 0. The number of amides is 3. The topological polar surface area (TPSA) is 137 Å². The van der Waals surface area contributed by atoms with Crippen LogP contribution in [-0.2, 0) is 0 Å². The Morgan fingerprint density at radius 1 is 0.966 bits per heavy atom. The van der Waals surface area contributed by atoms with E-state index in [-0.39, 0.29) is 17.4 Å². The van der Waals surface area contributed by atoms with Gasteiger partial charge in [-0.25, -0.2) is 4.79 Å². The first-order valence-corrected chi connectivity index (χ1v) is 9.82. The van der Waals surface area contributed by atoms with Crippen LogP contribution in [0, 0.1) is 0 Å². The second-order valence-corrected chi connectivity index (χ2v) is 7.35. The zero-order chi connectivity index (χ0) is 20.4. The molecule has 0 atom stereocenters. The molecule has 2 aliphatic heterocycles. The minimum Gasteiger partial charge on any atom is -0.383 e. The zero-order valence-corrected chi connectivity index (χ0v) is 16.2. The number of benzene rings is 1. The van der Waals surface area contributed by atoms with E-state index < -0.39 is 5.91 Å². The molecule has 29 heavy (non-hydrogen) atoms. The lowest BCUT2D eigenvalue weighted by Crippen LogP contribution is -2.52. The molecule has 2 fully saturated rings. The second-order valence-electron chi connectivity index (χ2n) is 7.35. The van der Waals surface area contributed by atoms with Crippen molar-refractivity contribution in [3.05, 3.63) is 29.8 Å². The monoisotopic (exact) mass is 398 g/mol. The third-order valence-corrected chi connectivity index (χ3v) is 5.46. The lowest BCUT2D eigenvalue weighted by Gasteiger charge is -2.37. The lowest BCUT2D eigenvalue weighted by atomic mass is 10.2. The summed E-state index contributed by atoms with van der Waals surface area (Å²) in [5.41, 5.74) is 13.0. The quantitative estimate of drug-likeness (QED) is 0.610. The molecule has 0 unspecified atom stereocenters. The molecular formula is C19H26N8O2. The number of likely N-dealkylation sites (tertiary alicyclic amines) is 1. The highest BCUT2D eigenvalue weighted by Crippen LogP contribution is 2.25. The summed E-state index contributed by atoms with van der Waals surface area (Å²) in [6.07, 6.45) is 2.22. The molecular weight excluding hydrogens is 372 g/mol. The van der Waals surface area contributed by atoms with Gasteiger partial charge in [0.1, 0.15) is 11.4 Å². The van der Waals surface area contributed by atoms with E-state index in [9.17, 15) is 9.59 Å². The fourth-order valence-corrected chi connectivity index (χ4v) is 3.85. The van der Waals surface area contributed by atoms with Gasteiger partial charge in [-0.3, -0.25) is 9.89 Å². The maximum atomic E-state index is 12.5. The number of piperazine rings is 1. The van der Waals surface area contributed by atoms with E-state index in [1.807, 2.05) is 34.1 Å². The Balaban J connectivity index is 1.35. The fourth-order valence-electron chi connectivity index (χ4n) is 3.85. The third kappa shape index (κ3) is 3.91. The summed E-state index contributed by atoms with van der Waals surface area (Å²) >= 11 is 0. The van der Waals surface area contributed by atoms with Crippen LogP contribution in [0.5, 0.6) is 0 Å². The van der Waals surface area contributed by atoms with Crippen molar-refractivity contribution in [3.8, 4) is 0 Å². The van der Waals surface area contributed by atoms with Gasteiger partial charge in [0, 0.05) is 50.6 Å². The van der Waals surface area contributed by atoms with Gasteiger partial charge in [-0.05, 0) is 37.1 Å². The Bertz CT molecular complexity index is 880. The number of hydrogen-bond acceptors (Lipinski definition) is 6. The van der Waals surface area contributed by atoms with Crippen molar-refractivity contribution in [2.24, 2.45) is 5.73 Å². The number of nitrogens with two attached hydrogens (primary N) is 2. The first-order valence-electron chi connectivity index (χ1n) is 9.82. The van der Waals surface area contributed by atoms with Crippen molar-refractivity contribution in [1.29, 1.82) is 0 Å². The molecule has 1 aromatic heterocycles. The van der Waals surface area contributed by atoms with Gasteiger partial charge in [0.15, 0.2) is 5.82 Å². The highest BCUT2D eigenvalue weighted by molar-refractivity contribution is 6.02. The number of nitrogens with zero attached hydrogens (tertiary/aromatic N) is 4. The first-order chi connectivity index (χ1) is 14.0. The summed E-state index contributed by atoms with van der Waals surface area (Å²) in [6, 6.07) is 7.99. The van der Waals surface area contributed by atoms with Crippen molar-refractivity contribution < 1.29 is 9.59 Å². The van der Waals surface area contributed by atoms with E-state index in [2.05, 4.69) is 20.4 Å². The summed E-state index contributed by atoms with van der Waals surface area (Å²) in [7, 11) is 0. The normalized spacial score (nSPS) is 16.9. The molecule has 6 N–H and O–H groups in total. The highest BCUT2D eigenvalue weighted by Gasteiger charge is 2.27. The molecule has 0 spiro atoms. The molecule has 0 bridgehead atoms. The maximum Gasteiger partial charge on any atom is 0.320 e. The Kier molecular flexibility index (Phi) is 5.15. The van der Waals surface area contributed by atoms with Gasteiger partial charge in [0.25, 0.3) is 5.91 Å². The van der Waals surface area contributed by atoms with Gasteiger partial charge in [0.2, 0.25) is 0 Å². The van der Waals surface area contributed by atoms with Crippen molar-refractivity contribution >= 4 is 34.9 Å². The number of anilines is 4. The molecule has 0 aliphatic carbocycles. The van der Waals surface area contributed by atoms with Crippen LogP contribution in [-0.4, -0.2) is 71.2 Å². The third-order valence-electron chi connectivity index (χ3n) is 5.46. The van der Waals surface area contributed by atoms with E-state index in [4.69, 9.17) is 11.5 Å². The van der Waals surface area contributed by atoms with Crippen LogP contribution in [0.3, 0.4) is 0 Å². The zero-order valence-electron chi connectivity index (χ0n) is 16.2. The number of urea groups is 1. The number of primary amides is 1. The van der Waals surface area contributed by atoms with E-state index in [1.54, 1.807) is 0 Å². The van der Waals surface area contributed by atoms with Gasteiger partial charge in [-0.1, -0.05) is 0 Å². The number of nitrogens with one attached hydrogen (secondary N) is 2. The van der Waals surface area contributed by atoms with E-state index >= 15 is 0 Å². The van der Waals surface area contributed by atoms with Gasteiger partial charge in [-0.15, -0.1) is 0 Å². The average molecular weight is 398 g/mol. The van der Waals surface area contributed by atoms with Gasteiger partial charge < -0.3 is 31.5 Å². The van der Waals surface area contributed by atoms with E-state index in [0.29, 0.717) is 5.82 Å². The van der Waals surface area contributed by atoms with Gasteiger partial charge >= 0.3 is 6.03 Å². The SMILES string of the molecule is NC(=O)c1c(Nc2ccc(N3CCN(C(=O)N4CCCC4)CC3)cc2)n[nH]c1N. The second kappa shape index (κ2) is 7.90. The molecule has 10 heteroatoms. The van der Waals surface area contributed by atoms with Crippen LogP contribution in [0.25, 0.3) is 0 Å². The van der Waals surface area contributed by atoms with E-state index in [1.165, 1.54) is 0 Å². The van der Waals surface area contributed by atoms with Gasteiger partial charge in [-0.2, -0.15) is 5.10 Å². The molecule has 3 amide bonds.